The first-order chi connectivity index (χ1) is 10.5. The second kappa shape index (κ2) is 9.62. The van der Waals surface area contributed by atoms with E-state index in [4.69, 9.17) is 4.74 Å². The molecule has 0 saturated carbocycles. The van der Waals surface area contributed by atoms with Gasteiger partial charge in [-0.1, -0.05) is 12.1 Å². The summed E-state index contributed by atoms with van der Waals surface area (Å²) in [7, 11) is 5.68. The van der Waals surface area contributed by atoms with Crippen molar-refractivity contribution in [2.45, 2.75) is 13.0 Å². The van der Waals surface area contributed by atoms with Crippen molar-refractivity contribution in [1.29, 1.82) is 0 Å². The first-order valence-electron chi connectivity index (χ1n) is 7.14. The molecule has 0 heterocycles. The van der Waals surface area contributed by atoms with Crippen molar-refractivity contribution in [3.63, 3.8) is 0 Å². The summed E-state index contributed by atoms with van der Waals surface area (Å²) in [5.74, 6) is 1.23. The van der Waals surface area contributed by atoms with Crippen molar-refractivity contribution in [3.05, 3.63) is 52.0 Å². The zero-order valence-corrected chi connectivity index (χ0v) is 13.3. The Morgan fingerprint density at radius 2 is 2.23 bits per heavy atom. The Morgan fingerprint density at radius 1 is 1.45 bits per heavy atom. The molecule has 0 fully saturated rings. The SMILES string of the molecule is CN/C(=C/[N+](=O)[O-])NCCCOc1cccc(CN(C)C)c1. The van der Waals surface area contributed by atoms with Gasteiger partial charge in [-0.15, -0.1) is 0 Å². The van der Waals surface area contributed by atoms with Gasteiger partial charge in [0, 0.05) is 20.1 Å². The topological polar surface area (TPSA) is 79.7 Å². The van der Waals surface area contributed by atoms with Crippen LogP contribution < -0.4 is 15.4 Å². The fourth-order valence-corrected chi connectivity index (χ4v) is 1.89. The van der Waals surface area contributed by atoms with Gasteiger partial charge in [-0.3, -0.25) is 10.1 Å². The maximum absolute atomic E-state index is 10.4. The summed E-state index contributed by atoms with van der Waals surface area (Å²) in [5, 5.41) is 16.0. The highest BCUT2D eigenvalue weighted by molar-refractivity contribution is 5.28. The highest BCUT2D eigenvalue weighted by atomic mass is 16.6. The second-order valence-electron chi connectivity index (χ2n) is 5.09. The van der Waals surface area contributed by atoms with E-state index in [0.717, 1.165) is 24.9 Å². The van der Waals surface area contributed by atoms with Gasteiger partial charge in [-0.2, -0.15) is 0 Å². The number of nitrogens with one attached hydrogen (secondary N) is 2. The third-order valence-corrected chi connectivity index (χ3v) is 2.81. The van der Waals surface area contributed by atoms with Crippen molar-refractivity contribution in [2.24, 2.45) is 0 Å². The average Bonchev–Trinajstić information content (AvgIpc) is 2.45. The first kappa shape index (κ1) is 17.8. The van der Waals surface area contributed by atoms with E-state index in [2.05, 4.69) is 21.6 Å². The van der Waals surface area contributed by atoms with Gasteiger partial charge >= 0.3 is 0 Å². The Bertz CT molecular complexity index is 503. The molecule has 0 aliphatic rings. The number of nitrogens with zero attached hydrogens (tertiary/aromatic N) is 2. The molecule has 0 spiro atoms. The van der Waals surface area contributed by atoms with Crippen LogP contribution in [0.3, 0.4) is 0 Å². The molecule has 1 aromatic rings. The van der Waals surface area contributed by atoms with Crippen molar-refractivity contribution in [2.75, 3.05) is 34.3 Å². The van der Waals surface area contributed by atoms with Crippen molar-refractivity contribution in [3.8, 4) is 5.75 Å². The van der Waals surface area contributed by atoms with Gasteiger partial charge in [0.25, 0.3) is 6.20 Å². The van der Waals surface area contributed by atoms with Crippen LogP contribution in [0.1, 0.15) is 12.0 Å². The Morgan fingerprint density at radius 3 is 2.86 bits per heavy atom. The third kappa shape index (κ3) is 7.49. The normalized spacial score (nSPS) is 11.4. The number of nitro groups is 1. The Balaban J connectivity index is 2.31. The third-order valence-electron chi connectivity index (χ3n) is 2.81. The molecule has 0 radical (unpaired) electrons. The van der Waals surface area contributed by atoms with Crippen molar-refractivity contribution < 1.29 is 9.66 Å². The number of rotatable bonds is 10. The fraction of sp³-hybridized carbons (Fsp3) is 0.467. The van der Waals surface area contributed by atoms with E-state index >= 15 is 0 Å². The standard InChI is InChI=1S/C15H24N4O3/c1-16-15(12-19(20)21)17-8-5-9-22-14-7-4-6-13(10-14)11-18(2)3/h4,6-7,10,12,16-17H,5,8-9,11H2,1-3H3/b15-12-. The summed E-state index contributed by atoms with van der Waals surface area (Å²) in [6.45, 7) is 2.02. The van der Waals surface area contributed by atoms with Gasteiger partial charge in [-0.05, 0) is 38.2 Å². The van der Waals surface area contributed by atoms with E-state index in [1.54, 1.807) is 7.05 Å². The van der Waals surface area contributed by atoms with E-state index in [9.17, 15) is 10.1 Å². The lowest BCUT2D eigenvalue weighted by atomic mass is 10.2. The molecule has 0 aliphatic heterocycles. The largest absolute Gasteiger partial charge is 0.494 e. The smallest absolute Gasteiger partial charge is 0.274 e. The molecule has 0 atom stereocenters. The minimum atomic E-state index is -0.494. The molecule has 22 heavy (non-hydrogen) atoms. The van der Waals surface area contributed by atoms with Crippen LogP contribution in [0.5, 0.6) is 5.75 Å². The van der Waals surface area contributed by atoms with Gasteiger partial charge in [-0.25, -0.2) is 0 Å². The van der Waals surface area contributed by atoms with E-state index in [-0.39, 0.29) is 0 Å². The molecular formula is C15H24N4O3. The molecule has 0 unspecified atom stereocenters. The predicted octanol–water partition coefficient (Wildman–Crippen LogP) is 1.40. The molecule has 1 rings (SSSR count). The molecule has 7 nitrogen and oxygen atoms in total. The average molecular weight is 308 g/mol. The highest BCUT2D eigenvalue weighted by Crippen LogP contribution is 2.14. The molecule has 7 heteroatoms. The molecular weight excluding hydrogens is 284 g/mol. The summed E-state index contributed by atoms with van der Waals surface area (Å²) in [5.41, 5.74) is 1.20. The van der Waals surface area contributed by atoms with Crippen LogP contribution in [0.4, 0.5) is 0 Å². The zero-order valence-electron chi connectivity index (χ0n) is 13.3. The highest BCUT2D eigenvalue weighted by Gasteiger charge is 2.01. The van der Waals surface area contributed by atoms with Crippen LogP contribution in [-0.2, 0) is 6.54 Å². The fourth-order valence-electron chi connectivity index (χ4n) is 1.89. The van der Waals surface area contributed by atoms with E-state index in [0.29, 0.717) is 19.0 Å². The molecule has 0 aliphatic carbocycles. The Kier molecular flexibility index (Phi) is 7.77. The van der Waals surface area contributed by atoms with Gasteiger partial charge in [0.05, 0.1) is 11.5 Å². The summed E-state index contributed by atoms with van der Waals surface area (Å²) in [6.07, 6.45) is 1.65. The lowest BCUT2D eigenvalue weighted by Gasteiger charge is -2.12. The molecule has 1 aromatic carbocycles. The zero-order chi connectivity index (χ0) is 16.4. The van der Waals surface area contributed by atoms with Gasteiger partial charge < -0.3 is 20.3 Å². The Hall–Kier alpha value is -2.28. The van der Waals surface area contributed by atoms with Crippen LogP contribution in [-0.4, -0.2) is 44.1 Å². The number of hydrogen-bond acceptors (Lipinski definition) is 6. The second-order valence-corrected chi connectivity index (χ2v) is 5.09. The minimum absolute atomic E-state index is 0.387. The summed E-state index contributed by atoms with van der Waals surface area (Å²) in [4.78, 5) is 12.0. The maximum Gasteiger partial charge on any atom is 0.274 e. The maximum atomic E-state index is 10.4. The van der Waals surface area contributed by atoms with E-state index in [1.807, 2.05) is 32.3 Å². The van der Waals surface area contributed by atoms with Crippen LogP contribution in [0, 0.1) is 10.1 Å². The summed E-state index contributed by atoms with van der Waals surface area (Å²) in [6, 6.07) is 8.00. The van der Waals surface area contributed by atoms with Crippen LogP contribution >= 0.6 is 0 Å². The number of benzene rings is 1. The van der Waals surface area contributed by atoms with Gasteiger partial charge in [0.15, 0.2) is 5.82 Å². The van der Waals surface area contributed by atoms with Crippen molar-refractivity contribution >= 4 is 0 Å². The predicted molar refractivity (Wildman–Crippen MR) is 86.1 cm³/mol. The molecule has 0 saturated heterocycles. The van der Waals surface area contributed by atoms with Crippen molar-refractivity contribution in [1.82, 2.24) is 15.5 Å². The summed E-state index contributed by atoms with van der Waals surface area (Å²) >= 11 is 0. The van der Waals surface area contributed by atoms with Crippen LogP contribution in [0.2, 0.25) is 0 Å². The van der Waals surface area contributed by atoms with Crippen LogP contribution in [0.25, 0.3) is 0 Å². The van der Waals surface area contributed by atoms with Gasteiger partial charge in [0.1, 0.15) is 5.75 Å². The monoisotopic (exact) mass is 308 g/mol. The lowest BCUT2D eigenvalue weighted by molar-refractivity contribution is -0.404. The Labute approximate surface area is 131 Å². The molecule has 0 amide bonds. The molecule has 0 aromatic heterocycles. The summed E-state index contributed by atoms with van der Waals surface area (Å²) < 4.78 is 5.69. The lowest BCUT2D eigenvalue weighted by Crippen LogP contribution is -2.26. The van der Waals surface area contributed by atoms with Gasteiger partial charge in [0.2, 0.25) is 0 Å². The minimum Gasteiger partial charge on any atom is -0.494 e. The molecule has 0 bridgehead atoms. The number of hydrogen-bond donors (Lipinski definition) is 2. The van der Waals surface area contributed by atoms with Crippen LogP contribution in [0.15, 0.2) is 36.3 Å². The first-order valence-corrected chi connectivity index (χ1v) is 7.14. The number of ether oxygens (including phenoxy) is 1. The quantitative estimate of drug-likeness (QED) is 0.386. The molecule has 2 N–H and O–H groups in total. The molecule has 122 valence electrons. The van der Waals surface area contributed by atoms with E-state index < -0.39 is 4.92 Å². The van der Waals surface area contributed by atoms with E-state index in [1.165, 1.54) is 5.56 Å².